The van der Waals surface area contributed by atoms with Gasteiger partial charge in [-0.15, -0.1) is 15.2 Å². The first-order valence-corrected chi connectivity index (χ1v) is 8.10. The highest BCUT2D eigenvalue weighted by Crippen LogP contribution is 2.21. The van der Waals surface area contributed by atoms with Crippen molar-refractivity contribution in [3.05, 3.63) is 22.4 Å². The number of nitrogens with zero attached hydrogens (tertiary/aromatic N) is 1. The molecule has 1 aromatic heterocycles. The van der Waals surface area contributed by atoms with Gasteiger partial charge in [0.05, 0.1) is 5.75 Å². The lowest BCUT2D eigenvalue weighted by Gasteiger charge is -2.15. The Balaban J connectivity index is 1.86. The molecule has 0 saturated carbocycles. The van der Waals surface area contributed by atoms with E-state index in [1.807, 2.05) is 17.5 Å². The molecule has 2 heterocycles. The summed E-state index contributed by atoms with van der Waals surface area (Å²) in [6, 6.07) is 3.94. The molecule has 4 nitrogen and oxygen atoms in total. The molecule has 0 bridgehead atoms. The first-order valence-electron chi connectivity index (χ1n) is 5.66. The van der Waals surface area contributed by atoms with Crippen molar-refractivity contribution in [2.24, 2.45) is 5.92 Å². The summed E-state index contributed by atoms with van der Waals surface area (Å²) in [6.07, 6.45) is 0.895. The summed E-state index contributed by atoms with van der Waals surface area (Å²) >= 11 is 1.62. The van der Waals surface area contributed by atoms with E-state index in [-0.39, 0.29) is 12.3 Å². The number of amides is 1. The Hall–Kier alpha value is -0.950. The van der Waals surface area contributed by atoms with Crippen LogP contribution in [0.1, 0.15) is 11.3 Å². The van der Waals surface area contributed by atoms with Crippen LogP contribution >= 0.6 is 11.3 Å². The van der Waals surface area contributed by atoms with Gasteiger partial charge in [0.15, 0.2) is 0 Å². The van der Waals surface area contributed by atoms with E-state index in [4.69, 9.17) is 0 Å². The van der Waals surface area contributed by atoms with Crippen molar-refractivity contribution in [3.8, 4) is 0 Å². The molecule has 1 fully saturated rings. The Bertz CT molecular complexity index is 512. The summed E-state index contributed by atoms with van der Waals surface area (Å²) in [5, 5.41) is 1.97. The lowest BCUT2D eigenvalue weighted by molar-refractivity contribution is -0.127. The molecule has 1 aliphatic rings. The first kappa shape index (κ1) is 13.5. The second-order valence-corrected chi connectivity index (χ2v) is 6.89. The van der Waals surface area contributed by atoms with Gasteiger partial charge in [0.1, 0.15) is 0 Å². The second-order valence-electron chi connectivity index (χ2n) is 4.44. The molecular formula is C11H14FNO3S2. The van der Waals surface area contributed by atoms with Crippen molar-refractivity contribution in [3.63, 3.8) is 0 Å². The summed E-state index contributed by atoms with van der Waals surface area (Å²) in [5.74, 6) is -1.04. The molecule has 1 atom stereocenters. The maximum atomic E-state index is 12.5. The maximum absolute atomic E-state index is 12.5. The van der Waals surface area contributed by atoms with Gasteiger partial charge in [-0.2, -0.15) is 8.42 Å². The second kappa shape index (κ2) is 5.36. The van der Waals surface area contributed by atoms with E-state index in [0.717, 1.165) is 6.42 Å². The normalized spacial score (nSPS) is 20.6. The zero-order chi connectivity index (χ0) is 13.2. The van der Waals surface area contributed by atoms with Crippen molar-refractivity contribution in [1.29, 1.82) is 0 Å². The lowest BCUT2D eigenvalue weighted by atomic mass is 10.1. The number of halogens is 1. The molecule has 0 aliphatic carbocycles. The zero-order valence-electron chi connectivity index (χ0n) is 9.71. The van der Waals surface area contributed by atoms with Gasteiger partial charge in [-0.1, -0.05) is 6.07 Å². The van der Waals surface area contributed by atoms with E-state index in [0.29, 0.717) is 13.1 Å². The number of carbonyl (C=O) groups is 1. The predicted molar refractivity (Wildman–Crippen MR) is 67.6 cm³/mol. The van der Waals surface area contributed by atoms with Gasteiger partial charge in [0.2, 0.25) is 5.91 Å². The molecule has 7 heteroatoms. The van der Waals surface area contributed by atoms with Crippen molar-refractivity contribution in [1.82, 2.24) is 4.90 Å². The van der Waals surface area contributed by atoms with Crippen LogP contribution in [0.25, 0.3) is 0 Å². The van der Waals surface area contributed by atoms with Gasteiger partial charge in [0.25, 0.3) is 0 Å². The van der Waals surface area contributed by atoms with Crippen LogP contribution < -0.4 is 0 Å². The molecule has 1 amide bonds. The number of likely N-dealkylation sites (tertiary alicyclic amines) is 1. The van der Waals surface area contributed by atoms with Gasteiger partial charge in [-0.3, -0.25) is 4.79 Å². The average molecular weight is 291 g/mol. The molecule has 1 unspecified atom stereocenters. The average Bonchev–Trinajstić information content (AvgIpc) is 2.83. The van der Waals surface area contributed by atoms with Gasteiger partial charge in [0, 0.05) is 30.3 Å². The molecule has 0 N–H and O–H groups in total. The molecule has 2 rings (SSSR count). The lowest BCUT2D eigenvalue weighted by Crippen LogP contribution is -2.28. The Kier molecular flexibility index (Phi) is 4.01. The molecule has 0 spiro atoms. The van der Waals surface area contributed by atoms with E-state index in [9.17, 15) is 17.1 Å². The third-order valence-electron chi connectivity index (χ3n) is 2.94. The largest absolute Gasteiger partial charge is 0.342 e. The fraction of sp³-hybridized carbons (Fsp3) is 0.545. The van der Waals surface area contributed by atoms with E-state index in [1.54, 1.807) is 16.2 Å². The highest BCUT2D eigenvalue weighted by molar-refractivity contribution is 7.86. The fourth-order valence-corrected chi connectivity index (χ4v) is 3.65. The minimum atomic E-state index is -4.49. The molecule has 0 aromatic carbocycles. The van der Waals surface area contributed by atoms with Gasteiger partial charge >= 0.3 is 10.2 Å². The summed E-state index contributed by atoms with van der Waals surface area (Å²) in [4.78, 5) is 14.4. The summed E-state index contributed by atoms with van der Waals surface area (Å²) in [5.41, 5.74) is 0. The van der Waals surface area contributed by atoms with Crippen LogP contribution in [0.4, 0.5) is 3.89 Å². The number of rotatable bonds is 5. The quantitative estimate of drug-likeness (QED) is 0.771. The van der Waals surface area contributed by atoms with E-state index in [1.165, 1.54) is 4.88 Å². The van der Waals surface area contributed by atoms with Crippen molar-refractivity contribution >= 4 is 27.5 Å². The summed E-state index contributed by atoms with van der Waals surface area (Å²) in [7, 11) is -4.49. The van der Waals surface area contributed by atoms with E-state index in [2.05, 4.69) is 0 Å². The molecule has 100 valence electrons. The number of thiophene rings is 1. The molecule has 1 saturated heterocycles. The Morgan fingerprint density at radius 1 is 1.50 bits per heavy atom. The van der Waals surface area contributed by atoms with Crippen molar-refractivity contribution in [2.45, 2.75) is 12.8 Å². The van der Waals surface area contributed by atoms with Gasteiger partial charge < -0.3 is 4.90 Å². The number of hydrogen-bond donors (Lipinski definition) is 0. The third kappa shape index (κ3) is 3.78. The monoisotopic (exact) mass is 291 g/mol. The van der Waals surface area contributed by atoms with Crippen LogP contribution in [0.5, 0.6) is 0 Å². The molecular weight excluding hydrogens is 277 g/mol. The van der Waals surface area contributed by atoms with Crippen LogP contribution in [0.2, 0.25) is 0 Å². The third-order valence-corrected chi connectivity index (χ3v) is 4.74. The van der Waals surface area contributed by atoms with Crippen LogP contribution in [0.15, 0.2) is 17.5 Å². The van der Waals surface area contributed by atoms with Crippen molar-refractivity contribution in [2.75, 3.05) is 18.8 Å². The van der Waals surface area contributed by atoms with Gasteiger partial charge in [-0.25, -0.2) is 0 Å². The predicted octanol–water partition coefficient (Wildman–Crippen LogP) is 1.44. The summed E-state index contributed by atoms with van der Waals surface area (Å²) < 4.78 is 33.6. The van der Waals surface area contributed by atoms with E-state index < -0.39 is 21.9 Å². The van der Waals surface area contributed by atoms with Crippen LogP contribution in [0.3, 0.4) is 0 Å². The first-order chi connectivity index (χ1) is 8.44. The molecule has 18 heavy (non-hydrogen) atoms. The fourth-order valence-electron chi connectivity index (χ4n) is 2.16. The zero-order valence-corrected chi connectivity index (χ0v) is 11.3. The van der Waals surface area contributed by atoms with Gasteiger partial charge in [-0.05, 0) is 17.9 Å². The van der Waals surface area contributed by atoms with E-state index >= 15 is 0 Å². The smallest absolute Gasteiger partial charge is 0.302 e. The number of hydrogen-bond acceptors (Lipinski definition) is 4. The Morgan fingerprint density at radius 3 is 2.89 bits per heavy atom. The highest BCUT2D eigenvalue weighted by Gasteiger charge is 2.32. The maximum Gasteiger partial charge on any atom is 0.302 e. The minimum Gasteiger partial charge on any atom is -0.342 e. The molecule has 0 radical (unpaired) electrons. The summed E-state index contributed by atoms with van der Waals surface area (Å²) in [6.45, 7) is 0.912. The molecule has 1 aromatic rings. The van der Waals surface area contributed by atoms with Crippen LogP contribution in [-0.2, 0) is 21.4 Å². The SMILES string of the molecule is O=C1CC(CS(=O)(=O)F)CN1CCc1cccs1. The molecule has 1 aliphatic heterocycles. The topological polar surface area (TPSA) is 54.5 Å². The Morgan fingerprint density at radius 2 is 2.28 bits per heavy atom. The minimum absolute atomic E-state index is 0.0831. The van der Waals surface area contributed by atoms with Crippen LogP contribution in [-0.4, -0.2) is 38.1 Å². The Labute approximate surface area is 110 Å². The standard InChI is InChI=1S/C11H14FNO3S2/c12-18(15,16)8-9-6-11(14)13(7-9)4-3-10-2-1-5-17-10/h1-2,5,9H,3-4,6-8H2. The number of carbonyl (C=O) groups excluding carboxylic acids is 1. The van der Waals surface area contributed by atoms with Crippen LogP contribution in [0, 0.1) is 5.92 Å². The highest BCUT2D eigenvalue weighted by atomic mass is 32.3. The van der Waals surface area contributed by atoms with Crippen molar-refractivity contribution < 1.29 is 17.1 Å².